The van der Waals surface area contributed by atoms with Gasteiger partial charge in [0.15, 0.2) is 5.82 Å². The van der Waals surface area contributed by atoms with Crippen molar-refractivity contribution in [2.24, 2.45) is 0 Å². The van der Waals surface area contributed by atoms with Crippen LogP contribution in [0.25, 0.3) is 0 Å². The highest BCUT2D eigenvalue weighted by atomic mass is 35.5. The Kier molecular flexibility index (Phi) is 6.53. The molecule has 2 aromatic rings. The number of methoxy groups -OCH3 is 1. The van der Waals surface area contributed by atoms with E-state index in [-0.39, 0.29) is 36.2 Å². The third-order valence-corrected chi connectivity index (χ3v) is 3.37. The van der Waals surface area contributed by atoms with Gasteiger partial charge in [0, 0.05) is 12.1 Å². The van der Waals surface area contributed by atoms with Crippen LogP contribution in [0.15, 0.2) is 22.7 Å². The number of hydrogen-bond acceptors (Lipinski definition) is 6. The van der Waals surface area contributed by atoms with Crippen molar-refractivity contribution < 1.29 is 18.8 Å². The van der Waals surface area contributed by atoms with Crippen LogP contribution in [0.3, 0.4) is 0 Å². The molecular weight excluding hydrogens is 359 g/mol. The average Bonchev–Trinajstić information content (AvgIpc) is 3.01. The van der Waals surface area contributed by atoms with Crippen LogP contribution >= 0.6 is 23.2 Å². The first-order valence-corrected chi connectivity index (χ1v) is 7.55. The fraction of sp³-hybridized carbons (Fsp3) is 0.286. The lowest BCUT2D eigenvalue weighted by atomic mass is 10.2. The minimum absolute atomic E-state index is 0.0450. The largest absolute Gasteiger partial charge is 0.377 e. The quantitative estimate of drug-likeness (QED) is 0.763. The van der Waals surface area contributed by atoms with E-state index < -0.39 is 11.8 Å². The normalized spacial score (nSPS) is 10.5. The zero-order valence-corrected chi connectivity index (χ0v) is 14.1. The molecule has 2 N–H and O–H groups in total. The number of carbonyl (C=O) groups excluding carboxylic acids is 2. The number of ether oxygens (including phenoxy) is 1. The first kappa shape index (κ1) is 18.2. The topological polar surface area (TPSA) is 106 Å². The SMILES string of the molecule is COCc1noc(CNC(=O)CNC(=O)c2cc(Cl)ccc2Cl)n1. The Bertz CT molecular complexity index is 735. The van der Waals surface area contributed by atoms with Gasteiger partial charge in [-0.3, -0.25) is 9.59 Å². The van der Waals surface area contributed by atoms with Gasteiger partial charge in [0.05, 0.1) is 23.7 Å². The van der Waals surface area contributed by atoms with Gasteiger partial charge in [0.1, 0.15) is 6.61 Å². The number of rotatable bonds is 7. The summed E-state index contributed by atoms with van der Waals surface area (Å²) in [5, 5.41) is 9.26. The Labute approximate surface area is 147 Å². The van der Waals surface area contributed by atoms with Gasteiger partial charge in [0.25, 0.3) is 5.91 Å². The fourth-order valence-corrected chi connectivity index (χ4v) is 2.09. The summed E-state index contributed by atoms with van der Waals surface area (Å²) in [5.41, 5.74) is 0.193. The Morgan fingerprint density at radius 2 is 2.08 bits per heavy atom. The lowest BCUT2D eigenvalue weighted by molar-refractivity contribution is -0.120. The van der Waals surface area contributed by atoms with Crippen LogP contribution in [0, 0.1) is 0 Å². The van der Waals surface area contributed by atoms with E-state index in [9.17, 15) is 9.59 Å². The molecule has 0 aliphatic carbocycles. The van der Waals surface area contributed by atoms with Gasteiger partial charge in [-0.2, -0.15) is 4.98 Å². The molecule has 0 unspecified atom stereocenters. The first-order chi connectivity index (χ1) is 11.5. The summed E-state index contributed by atoms with van der Waals surface area (Å²) in [6.07, 6.45) is 0. The smallest absolute Gasteiger partial charge is 0.253 e. The second-order valence-corrected chi connectivity index (χ2v) is 5.46. The van der Waals surface area contributed by atoms with Gasteiger partial charge >= 0.3 is 0 Å². The van der Waals surface area contributed by atoms with E-state index in [0.29, 0.717) is 10.8 Å². The molecule has 10 heteroatoms. The monoisotopic (exact) mass is 372 g/mol. The minimum atomic E-state index is -0.502. The van der Waals surface area contributed by atoms with Gasteiger partial charge in [-0.15, -0.1) is 0 Å². The molecule has 24 heavy (non-hydrogen) atoms. The van der Waals surface area contributed by atoms with E-state index in [0.717, 1.165) is 0 Å². The second-order valence-electron chi connectivity index (χ2n) is 4.62. The standard InChI is InChI=1S/C14H14Cl2N4O4/c1-23-7-11-19-13(24-20-11)6-17-12(21)5-18-14(22)9-4-8(15)2-3-10(9)16/h2-4H,5-7H2,1H3,(H,17,21)(H,18,22). The molecule has 2 amide bonds. The maximum atomic E-state index is 12.0. The van der Waals surface area contributed by atoms with Crippen molar-refractivity contribution in [3.05, 3.63) is 45.5 Å². The summed E-state index contributed by atoms with van der Waals surface area (Å²) in [6.45, 7) is 0.0258. The van der Waals surface area contributed by atoms with Crippen LogP contribution in [0.5, 0.6) is 0 Å². The van der Waals surface area contributed by atoms with Crippen LogP contribution in [-0.4, -0.2) is 35.6 Å². The van der Waals surface area contributed by atoms with E-state index in [4.69, 9.17) is 32.5 Å². The molecular formula is C14H14Cl2N4O4. The van der Waals surface area contributed by atoms with Crippen LogP contribution < -0.4 is 10.6 Å². The van der Waals surface area contributed by atoms with Crippen molar-refractivity contribution in [1.29, 1.82) is 0 Å². The summed E-state index contributed by atoms with van der Waals surface area (Å²) < 4.78 is 9.77. The predicted octanol–water partition coefficient (Wildman–Crippen LogP) is 1.57. The van der Waals surface area contributed by atoms with Crippen molar-refractivity contribution >= 4 is 35.0 Å². The highest BCUT2D eigenvalue weighted by molar-refractivity contribution is 6.35. The van der Waals surface area contributed by atoms with Crippen LogP contribution in [-0.2, 0) is 22.7 Å². The number of benzene rings is 1. The van der Waals surface area contributed by atoms with E-state index in [1.54, 1.807) is 6.07 Å². The van der Waals surface area contributed by atoms with Gasteiger partial charge in [0.2, 0.25) is 11.8 Å². The maximum absolute atomic E-state index is 12.0. The summed E-state index contributed by atoms with van der Waals surface area (Å²) in [5.74, 6) is -0.309. The molecule has 1 heterocycles. The molecule has 0 aliphatic rings. The number of aromatic nitrogens is 2. The fourth-order valence-electron chi connectivity index (χ4n) is 1.71. The average molecular weight is 373 g/mol. The van der Waals surface area contributed by atoms with Gasteiger partial charge < -0.3 is 19.9 Å². The molecule has 0 atom stereocenters. The lowest BCUT2D eigenvalue weighted by Gasteiger charge is -2.07. The highest BCUT2D eigenvalue weighted by Gasteiger charge is 2.13. The Morgan fingerprint density at radius 1 is 1.29 bits per heavy atom. The Hall–Kier alpha value is -2.16. The third kappa shape index (κ3) is 5.19. The Morgan fingerprint density at radius 3 is 2.83 bits per heavy atom. The second kappa shape index (κ2) is 8.62. The predicted molar refractivity (Wildman–Crippen MR) is 85.7 cm³/mol. The molecule has 1 aromatic carbocycles. The number of halogens is 2. The van der Waals surface area contributed by atoms with E-state index in [2.05, 4.69) is 20.8 Å². The molecule has 0 aliphatic heterocycles. The molecule has 0 saturated carbocycles. The number of carbonyl (C=O) groups is 2. The van der Waals surface area contributed by atoms with Crippen LogP contribution in [0.1, 0.15) is 22.1 Å². The van der Waals surface area contributed by atoms with Gasteiger partial charge in [-0.05, 0) is 18.2 Å². The molecule has 8 nitrogen and oxygen atoms in total. The highest BCUT2D eigenvalue weighted by Crippen LogP contribution is 2.20. The lowest BCUT2D eigenvalue weighted by Crippen LogP contribution is -2.36. The van der Waals surface area contributed by atoms with Crippen molar-refractivity contribution in [2.45, 2.75) is 13.2 Å². The van der Waals surface area contributed by atoms with E-state index in [1.165, 1.54) is 19.2 Å². The molecule has 0 radical (unpaired) electrons. The number of nitrogens with one attached hydrogen (secondary N) is 2. The molecule has 0 bridgehead atoms. The molecule has 0 saturated heterocycles. The van der Waals surface area contributed by atoms with Crippen molar-refractivity contribution in [3.8, 4) is 0 Å². The van der Waals surface area contributed by atoms with E-state index >= 15 is 0 Å². The summed E-state index contributed by atoms with van der Waals surface area (Å²) in [6, 6.07) is 4.49. The number of nitrogens with zero attached hydrogens (tertiary/aromatic N) is 2. The number of amides is 2. The molecule has 1 aromatic heterocycles. The molecule has 2 rings (SSSR count). The Balaban J connectivity index is 1.80. The minimum Gasteiger partial charge on any atom is -0.377 e. The zero-order chi connectivity index (χ0) is 17.5. The zero-order valence-electron chi connectivity index (χ0n) is 12.6. The molecule has 0 spiro atoms. The van der Waals surface area contributed by atoms with Crippen molar-refractivity contribution in [1.82, 2.24) is 20.8 Å². The van der Waals surface area contributed by atoms with Gasteiger partial charge in [-0.1, -0.05) is 28.4 Å². The third-order valence-electron chi connectivity index (χ3n) is 2.80. The molecule has 0 fully saturated rings. The number of hydrogen-bond donors (Lipinski definition) is 2. The van der Waals surface area contributed by atoms with Crippen molar-refractivity contribution in [2.75, 3.05) is 13.7 Å². The van der Waals surface area contributed by atoms with Gasteiger partial charge in [-0.25, -0.2) is 0 Å². The summed E-state index contributed by atoms with van der Waals surface area (Å²) in [7, 11) is 1.51. The maximum Gasteiger partial charge on any atom is 0.253 e. The molecule has 128 valence electrons. The van der Waals surface area contributed by atoms with Crippen LogP contribution in [0.2, 0.25) is 10.0 Å². The first-order valence-electron chi connectivity index (χ1n) is 6.80. The van der Waals surface area contributed by atoms with Crippen molar-refractivity contribution in [3.63, 3.8) is 0 Å². The summed E-state index contributed by atoms with van der Waals surface area (Å²) in [4.78, 5) is 27.7. The summed E-state index contributed by atoms with van der Waals surface area (Å²) >= 11 is 11.7. The van der Waals surface area contributed by atoms with E-state index in [1.807, 2.05) is 0 Å². The van der Waals surface area contributed by atoms with Crippen LogP contribution in [0.4, 0.5) is 0 Å².